The van der Waals surface area contributed by atoms with Gasteiger partial charge in [0.15, 0.2) is 0 Å². The standard InChI is InChI=1S/C11H11FN2OS/c12-10-1-3-11(4-2-10)16(15)8-7-14-6-5-13-9-14/h1-6,9H,7-8H2. The third-order valence-electron chi connectivity index (χ3n) is 2.17. The van der Waals surface area contributed by atoms with E-state index in [1.165, 1.54) is 12.1 Å². The first-order chi connectivity index (χ1) is 7.75. The number of hydrogen-bond acceptors (Lipinski definition) is 2. The molecule has 16 heavy (non-hydrogen) atoms. The highest BCUT2D eigenvalue weighted by atomic mass is 32.2. The van der Waals surface area contributed by atoms with Crippen LogP contribution >= 0.6 is 0 Å². The lowest BCUT2D eigenvalue weighted by molar-refractivity contribution is 0.626. The van der Waals surface area contributed by atoms with E-state index in [0.717, 1.165) is 0 Å². The first kappa shape index (κ1) is 11.0. The van der Waals surface area contributed by atoms with Gasteiger partial charge in [0.1, 0.15) is 5.82 Å². The minimum absolute atomic E-state index is 0.310. The quantitative estimate of drug-likeness (QED) is 0.814. The van der Waals surface area contributed by atoms with Gasteiger partial charge in [0, 0.05) is 29.6 Å². The van der Waals surface area contributed by atoms with Crippen molar-refractivity contribution in [2.24, 2.45) is 0 Å². The van der Waals surface area contributed by atoms with Crippen molar-refractivity contribution in [3.8, 4) is 0 Å². The first-order valence-corrected chi connectivity index (χ1v) is 6.17. The van der Waals surface area contributed by atoms with Gasteiger partial charge in [-0.25, -0.2) is 9.37 Å². The highest BCUT2D eigenvalue weighted by Crippen LogP contribution is 2.08. The van der Waals surface area contributed by atoms with Gasteiger partial charge in [0.05, 0.1) is 17.1 Å². The number of aromatic nitrogens is 2. The van der Waals surface area contributed by atoms with Crippen molar-refractivity contribution in [1.29, 1.82) is 0 Å². The Kier molecular flexibility index (Phi) is 3.46. The average molecular weight is 238 g/mol. The zero-order valence-corrected chi connectivity index (χ0v) is 9.36. The summed E-state index contributed by atoms with van der Waals surface area (Å²) in [4.78, 5) is 4.55. The predicted molar refractivity (Wildman–Crippen MR) is 59.9 cm³/mol. The van der Waals surface area contributed by atoms with Crippen LogP contribution in [0.2, 0.25) is 0 Å². The molecule has 1 atom stereocenters. The molecule has 1 aromatic carbocycles. The smallest absolute Gasteiger partial charge is 0.123 e. The van der Waals surface area contributed by atoms with Crippen LogP contribution in [0.5, 0.6) is 0 Å². The number of benzene rings is 1. The van der Waals surface area contributed by atoms with E-state index in [-0.39, 0.29) is 5.82 Å². The Hall–Kier alpha value is -1.49. The third-order valence-corrected chi connectivity index (χ3v) is 3.52. The molecule has 0 saturated heterocycles. The second-order valence-corrected chi connectivity index (χ2v) is 4.87. The summed E-state index contributed by atoms with van der Waals surface area (Å²) in [5.41, 5.74) is 0. The highest BCUT2D eigenvalue weighted by Gasteiger charge is 2.03. The van der Waals surface area contributed by atoms with Crippen molar-refractivity contribution in [2.45, 2.75) is 11.4 Å². The van der Waals surface area contributed by atoms with E-state index in [1.54, 1.807) is 24.7 Å². The molecule has 0 aliphatic heterocycles. The summed E-state index contributed by atoms with van der Waals surface area (Å²) >= 11 is 0. The molecule has 0 spiro atoms. The second kappa shape index (κ2) is 5.03. The van der Waals surface area contributed by atoms with E-state index < -0.39 is 10.8 Å². The van der Waals surface area contributed by atoms with Crippen molar-refractivity contribution in [1.82, 2.24) is 9.55 Å². The molecule has 0 aliphatic carbocycles. The van der Waals surface area contributed by atoms with Gasteiger partial charge in [-0.05, 0) is 24.3 Å². The van der Waals surface area contributed by atoms with Gasteiger partial charge in [-0.15, -0.1) is 0 Å². The maximum Gasteiger partial charge on any atom is 0.123 e. The Morgan fingerprint density at radius 2 is 2.06 bits per heavy atom. The van der Waals surface area contributed by atoms with Crippen molar-refractivity contribution in [3.63, 3.8) is 0 Å². The summed E-state index contributed by atoms with van der Waals surface area (Å²) in [7, 11) is -1.09. The molecule has 0 N–H and O–H groups in total. The lowest BCUT2D eigenvalue weighted by Gasteiger charge is -2.03. The van der Waals surface area contributed by atoms with Crippen LogP contribution in [0.25, 0.3) is 0 Å². The maximum absolute atomic E-state index is 12.6. The number of aryl methyl sites for hydroxylation is 1. The summed E-state index contributed by atoms with van der Waals surface area (Å²) in [6, 6.07) is 5.76. The van der Waals surface area contributed by atoms with E-state index in [0.29, 0.717) is 17.2 Å². The van der Waals surface area contributed by atoms with Gasteiger partial charge in [-0.2, -0.15) is 0 Å². The molecule has 0 amide bonds. The van der Waals surface area contributed by atoms with Gasteiger partial charge < -0.3 is 4.57 Å². The number of hydrogen-bond donors (Lipinski definition) is 0. The maximum atomic E-state index is 12.6. The van der Waals surface area contributed by atoms with Gasteiger partial charge in [-0.1, -0.05) is 0 Å². The Balaban J connectivity index is 1.95. The molecule has 3 nitrogen and oxygen atoms in total. The molecule has 2 aromatic rings. The zero-order chi connectivity index (χ0) is 11.4. The topological polar surface area (TPSA) is 34.9 Å². The third kappa shape index (κ3) is 2.76. The molecule has 2 rings (SSSR count). The fourth-order valence-corrected chi connectivity index (χ4v) is 2.36. The molecule has 0 saturated carbocycles. The lowest BCUT2D eigenvalue weighted by Crippen LogP contribution is -2.06. The van der Waals surface area contributed by atoms with Gasteiger partial charge in [-0.3, -0.25) is 4.21 Å². The molecular weight excluding hydrogens is 227 g/mol. The van der Waals surface area contributed by atoms with E-state index in [9.17, 15) is 8.60 Å². The second-order valence-electron chi connectivity index (χ2n) is 3.30. The summed E-state index contributed by atoms with van der Waals surface area (Å²) in [5, 5.41) is 0. The fourth-order valence-electron chi connectivity index (χ4n) is 1.31. The normalized spacial score (nSPS) is 12.6. The Morgan fingerprint density at radius 3 is 2.69 bits per heavy atom. The molecule has 0 bridgehead atoms. The summed E-state index contributed by atoms with van der Waals surface area (Å²) in [6.45, 7) is 0.643. The molecule has 5 heteroatoms. The average Bonchev–Trinajstić information content (AvgIpc) is 2.80. The molecule has 1 aromatic heterocycles. The minimum Gasteiger partial charge on any atom is -0.337 e. The Morgan fingerprint density at radius 1 is 1.31 bits per heavy atom. The number of rotatable bonds is 4. The number of halogens is 1. The van der Waals surface area contributed by atoms with Crippen molar-refractivity contribution < 1.29 is 8.60 Å². The van der Waals surface area contributed by atoms with Crippen LogP contribution in [0, 0.1) is 5.82 Å². The number of imidazole rings is 1. The largest absolute Gasteiger partial charge is 0.337 e. The van der Waals surface area contributed by atoms with Crippen molar-refractivity contribution in [2.75, 3.05) is 5.75 Å². The summed E-state index contributed by atoms with van der Waals surface area (Å²) in [6.07, 6.45) is 5.19. The van der Waals surface area contributed by atoms with Crippen LogP contribution < -0.4 is 0 Å². The van der Waals surface area contributed by atoms with Crippen LogP contribution in [-0.2, 0) is 17.3 Å². The monoisotopic (exact) mass is 238 g/mol. The van der Waals surface area contributed by atoms with E-state index in [1.807, 2.05) is 10.8 Å². The van der Waals surface area contributed by atoms with Crippen LogP contribution in [0.15, 0.2) is 47.9 Å². The van der Waals surface area contributed by atoms with Crippen LogP contribution in [0.4, 0.5) is 4.39 Å². The van der Waals surface area contributed by atoms with E-state index in [2.05, 4.69) is 4.98 Å². The van der Waals surface area contributed by atoms with Crippen molar-refractivity contribution >= 4 is 10.8 Å². The summed E-state index contributed by atoms with van der Waals surface area (Å²) in [5.74, 6) is 0.192. The van der Waals surface area contributed by atoms with Gasteiger partial charge >= 0.3 is 0 Å². The van der Waals surface area contributed by atoms with Crippen LogP contribution in [0.1, 0.15) is 0 Å². The SMILES string of the molecule is O=S(CCn1ccnc1)c1ccc(F)cc1. The van der Waals surface area contributed by atoms with Crippen LogP contribution in [0.3, 0.4) is 0 Å². The molecule has 1 heterocycles. The molecule has 0 radical (unpaired) electrons. The van der Waals surface area contributed by atoms with E-state index >= 15 is 0 Å². The molecule has 84 valence electrons. The lowest BCUT2D eigenvalue weighted by atomic mass is 10.4. The zero-order valence-electron chi connectivity index (χ0n) is 8.54. The molecule has 0 fully saturated rings. The highest BCUT2D eigenvalue weighted by molar-refractivity contribution is 7.85. The van der Waals surface area contributed by atoms with Gasteiger partial charge in [0.25, 0.3) is 0 Å². The van der Waals surface area contributed by atoms with Crippen molar-refractivity contribution in [3.05, 3.63) is 48.8 Å². The first-order valence-electron chi connectivity index (χ1n) is 4.85. The van der Waals surface area contributed by atoms with Crippen LogP contribution in [-0.4, -0.2) is 19.5 Å². The molecular formula is C11H11FN2OS. The Bertz CT molecular complexity index is 467. The predicted octanol–water partition coefficient (Wildman–Crippen LogP) is 1.83. The molecule has 1 unspecified atom stereocenters. The van der Waals surface area contributed by atoms with E-state index in [4.69, 9.17) is 0 Å². The minimum atomic E-state index is -1.09. The summed E-state index contributed by atoms with van der Waals surface area (Å²) < 4.78 is 26.3. The Labute approximate surface area is 95.4 Å². The molecule has 0 aliphatic rings. The fraction of sp³-hybridized carbons (Fsp3) is 0.182. The van der Waals surface area contributed by atoms with Gasteiger partial charge in [0.2, 0.25) is 0 Å². The number of nitrogens with zero attached hydrogens (tertiary/aromatic N) is 2.